The van der Waals surface area contributed by atoms with Gasteiger partial charge >= 0.3 is 0 Å². The van der Waals surface area contributed by atoms with Crippen molar-refractivity contribution >= 4 is 31.3 Å². The van der Waals surface area contributed by atoms with Gasteiger partial charge < -0.3 is 5.73 Å². The Morgan fingerprint density at radius 3 is 2.76 bits per heavy atom. The van der Waals surface area contributed by atoms with Crippen LogP contribution in [0.15, 0.2) is 29.6 Å². The van der Waals surface area contributed by atoms with Crippen molar-refractivity contribution in [2.24, 2.45) is 5.73 Å². The van der Waals surface area contributed by atoms with E-state index >= 15 is 0 Å². The van der Waals surface area contributed by atoms with Crippen molar-refractivity contribution in [2.45, 2.75) is 12.5 Å². The Kier molecular flexibility index (Phi) is 3.51. The highest BCUT2D eigenvalue weighted by Crippen LogP contribution is 2.26. The second-order valence-electron chi connectivity index (χ2n) is 4.31. The molecule has 17 heavy (non-hydrogen) atoms. The fourth-order valence-corrected chi connectivity index (χ4v) is 3.79. The monoisotopic (exact) mass is 269 g/mol. The van der Waals surface area contributed by atoms with Crippen molar-refractivity contribution in [2.75, 3.05) is 12.0 Å². The van der Waals surface area contributed by atoms with Gasteiger partial charge in [0, 0.05) is 17.0 Å². The number of rotatable bonds is 4. The lowest BCUT2D eigenvalue weighted by molar-refractivity contribution is 0.592. The molecular formula is C12H15NO2S2. The maximum Gasteiger partial charge on any atom is 0.148 e. The molecule has 1 aromatic carbocycles. The summed E-state index contributed by atoms with van der Waals surface area (Å²) in [6.45, 7) is 0. The molecule has 0 saturated heterocycles. The Hall–Kier alpha value is -0.910. The summed E-state index contributed by atoms with van der Waals surface area (Å²) in [6.07, 6.45) is 1.83. The van der Waals surface area contributed by atoms with E-state index in [4.69, 9.17) is 5.73 Å². The zero-order valence-corrected chi connectivity index (χ0v) is 11.2. The third kappa shape index (κ3) is 3.28. The van der Waals surface area contributed by atoms with Crippen molar-refractivity contribution in [1.29, 1.82) is 0 Å². The molecule has 0 bridgehead atoms. The number of benzene rings is 1. The summed E-state index contributed by atoms with van der Waals surface area (Å²) < 4.78 is 23.5. The number of thiophene rings is 1. The van der Waals surface area contributed by atoms with Gasteiger partial charge in [-0.2, -0.15) is 0 Å². The van der Waals surface area contributed by atoms with Gasteiger partial charge in [0.15, 0.2) is 0 Å². The van der Waals surface area contributed by atoms with Gasteiger partial charge in [0.05, 0.1) is 5.75 Å². The van der Waals surface area contributed by atoms with Gasteiger partial charge in [-0.05, 0) is 28.8 Å². The van der Waals surface area contributed by atoms with E-state index in [0.29, 0.717) is 6.42 Å². The largest absolute Gasteiger partial charge is 0.326 e. The van der Waals surface area contributed by atoms with E-state index in [-0.39, 0.29) is 11.8 Å². The lowest BCUT2D eigenvalue weighted by Crippen LogP contribution is -2.31. The Labute approximate surface area is 105 Å². The molecule has 0 saturated carbocycles. The minimum atomic E-state index is -3.00. The molecule has 1 unspecified atom stereocenters. The number of hydrogen-bond donors (Lipinski definition) is 1. The van der Waals surface area contributed by atoms with Crippen LogP contribution >= 0.6 is 11.3 Å². The van der Waals surface area contributed by atoms with Gasteiger partial charge in [-0.1, -0.05) is 18.2 Å². The Balaban J connectivity index is 2.19. The van der Waals surface area contributed by atoms with Crippen LogP contribution in [-0.2, 0) is 16.3 Å². The standard InChI is InChI=1S/C12H15NO2S2/c1-17(14,15)8-10(13)6-9-7-16-12-5-3-2-4-11(9)12/h2-5,7,10H,6,8,13H2,1H3. The normalized spacial score (nSPS) is 14.0. The smallest absolute Gasteiger partial charge is 0.148 e. The highest BCUT2D eigenvalue weighted by molar-refractivity contribution is 7.90. The van der Waals surface area contributed by atoms with Crippen molar-refractivity contribution in [3.8, 4) is 0 Å². The summed E-state index contributed by atoms with van der Waals surface area (Å²) in [6, 6.07) is 7.77. The SMILES string of the molecule is CS(=O)(=O)CC(N)Cc1csc2ccccc12. The molecule has 2 rings (SSSR count). The zero-order chi connectivity index (χ0) is 12.5. The van der Waals surface area contributed by atoms with Gasteiger partial charge in [-0.15, -0.1) is 11.3 Å². The van der Waals surface area contributed by atoms with E-state index in [1.165, 1.54) is 16.3 Å². The second-order valence-corrected chi connectivity index (χ2v) is 7.41. The van der Waals surface area contributed by atoms with Crippen LogP contribution in [0.2, 0.25) is 0 Å². The van der Waals surface area contributed by atoms with Gasteiger partial charge in [-0.3, -0.25) is 0 Å². The minimum Gasteiger partial charge on any atom is -0.326 e. The molecule has 5 heteroatoms. The summed E-state index contributed by atoms with van der Waals surface area (Å²) in [7, 11) is -3.00. The highest BCUT2D eigenvalue weighted by atomic mass is 32.2. The number of hydrogen-bond acceptors (Lipinski definition) is 4. The maximum atomic E-state index is 11.2. The van der Waals surface area contributed by atoms with Gasteiger partial charge in [0.1, 0.15) is 9.84 Å². The van der Waals surface area contributed by atoms with Crippen molar-refractivity contribution in [3.05, 3.63) is 35.2 Å². The van der Waals surface area contributed by atoms with E-state index < -0.39 is 9.84 Å². The first kappa shape index (κ1) is 12.5. The Morgan fingerprint density at radius 1 is 1.35 bits per heavy atom. The van der Waals surface area contributed by atoms with Crippen molar-refractivity contribution < 1.29 is 8.42 Å². The van der Waals surface area contributed by atoms with E-state index in [1.54, 1.807) is 11.3 Å². The van der Waals surface area contributed by atoms with Gasteiger partial charge in [0.2, 0.25) is 0 Å². The first-order chi connectivity index (χ1) is 7.96. The van der Waals surface area contributed by atoms with Crippen molar-refractivity contribution in [1.82, 2.24) is 0 Å². The van der Waals surface area contributed by atoms with Crippen LogP contribution in [0.1, 0.15) is 5.56 Å². The quantitative estimate of drug-likeness (QED) is 0.921. The highest BCUT2D eigenvalue weighted by Gasteiger charge is 2.13. The predicted molar refractivity (Wildman–Crippen MR) is 73.2 cm³/mol. The Bertz CT molecular complexity index is 616. The molecule has 2 aromatic rings. The summed E-state index contributed by atoms with van der Waals surface area (Å²) >= 11 is 1.67. The first-order valence-corrected chi connectivity index (χ1v) is 8.28. The molecule has 0 aliphatic rings. The van der Waals surface area contributed by atoms with Gasteiger partial charge in [-0.25, -0.2) is 8.42 Å². The molecule has 0 fully saturated rings. The summed E-state index contributed by atoms with van der Waals surface area (Å²) in [5.74, 6) is 0.0389. The summed E-state index contributed by atoms with van der Waals surface area (Å²) in [4.78, 5) is 0. The summed E-state index contributed by atoms with van der Waals surface area (Å²) in [5, 5.41) is 3.24. The molecule has 0 aliphatic heterocycles. The lowest BCUT2D eigenvalue weighted by Gasteiger charge is -2.09. The molecule has 1 heterocycles. The topological polar surface area (TPSA) is 60.2 Å². The number of nitrogens with two attached hydrogens (primary N) is 1. The average molecular weight is 269 g/mol. The van der Waals surface area contributed by atoms with E-state index in [2.05, 4.69) is 11.4 Å². The van der Waals surface area contributed by atoms with Crippen LogP contribution < -0.4 is 5.73 Å². The molecule has 0 radical (unpaired) electrons. The van der Waals surface area contributed by atoms with E-state index in [1.807, 2.05) is 18.2 Å². The van der Waals surface area contributed by atoms with Crippen LogP contribution in [0.4, 0.5) is 0 Å². The van der Waals surface area contributed by atoms with Crippen LogP contribution in [-0.4, -0.2) is 26.5 Å². The van der Waals surface area contributed by atoms with Crippen LogP contribution in [0, 0.1) is 0 Å². The first-order valence-electron chi connectivity index (χ1n) is 5.34. The molecule has 1 atom stereocenters. The third-order valence-corrected chi connectivity index (χ3v) is 4.61. The Morgan fingerprint density at radius 2 is 2.06 bits per heavy atom. The lowest BCUT2D eigenvalue weighted by atomic mass is 10.1. The van der Waals surface area contributed by atoms with Crippen molar-refractivity contribution in [3.63, 3.8) is 0 Å². The minimum absolute atomic E-state index is 0.0389. The fourth-order valence-electron chi connectivity index (χ4n) is 1.92. The van der Waals surface area contributed by atoms with E-state index in [9.17, 15) is 8.42 Å². The molecule has 2 N–H and O–H groups in total. The molecule has 92 valence electrons. The fraction of sp³-hybridized carbons (Fsp3) is 0.333. The third-order valence-electron chi connectivity index (χ3n) is 2.56. The average Bonchev–Trinajstić information content (AvgIpc) is 2.59. The molecule has 0 amide bonds. The zero-order valence-electron chi connectivity index (χ0n) is 9.59. The molecule has 1 aromatic heterocycles. The molecule has 3 nitrogen and oxygen atoms in total. The second kappa shape index (κ2) is 4.76. The summed E-state index contributed by atoms with van der Waals surface area (Å²) in [5.41, 5.74) is 7.01. The van der Waals surface area contributed by atoms with Crippen LogP contribution in [0.5, 0.6) is 0 Å². The predicted octanol–water partition coefficient (Wildman–Crippen LogP) is 1.82. The molecule has 0 spiro atoms. The van der Waals surface area contributed by atoms with Gasteiger partial charge in [0.25, 0.3) is 0 Å². The number of sulfone groups is 1. The van der Waals surface area contributed by atoms with Crippen LogP contribution in [0.3, 0.4) is 0 Å². The number of fused-ring (bicyclic) bond motifs is 1. The van der Waals surface area contributed by atoms with Crippen LogP contribution in [0.25, 0.3) is 10.1 Å². The maximum absolute atomic E-state index is 11.2. The molecular weight excluding hydrogens is 254 g/mol. The van der Waals surface area contributed by atoms with E-state index in [0.717, 1.165) is 5.56 Å². The molecule has 0 aliphatic carbocycles.